The first-order valence-corrected chi connectivity index (χ1v) is 9.77. The van der Waals surface area contributed by atoms with Crippen LogP contribution in [0.3, 0.4) is 0 Å². The summed E-state index contributed by atoms with van der Waals surface area (Å²) in [6, 6.07) is 15.6. The number of allylic oxidation sites excluding steroid dienone is 1. The molecule has 1 aliphatic carbocycles. The number of hydrogen-bond donors (Lipinski definition) is 1. The standard InChI is InChI=1S/C24H29NO3.ClH/c1-25(2)16-21-11-10-18(12-17-6-4-8-20(13-17)24(26)27)14-23(21)19-7-5-9-22(15-19)28-3;/h4-9,12-13,15,21,23H,10-11,14,16H2,1-3H3,(H,26,27);1H/b18-12+;/t21-,23-;/m0./s1. The van der Waals surface area contributed by atoms with Gasteiger partial charge in [0.25, 0.3) is 0 Å². The zero-order valence-electron chi connectivity index (χ0n) is 17.3. The van der Waals surface area contributed by atoms with E-state index in [0.717, 1.165) is 37.1 Å². The number of benzene rings is 2. The number of carbonyl (C=O) groups is 1. The first-order valence-electron chi connectivity index (χ1n) is 9.77. The van der Waals surface area contributed by atoms with E-state index in [1.165, 1.54) is 11.1 Å². The summed E-state index contributed by atoms with van der Waals surface area (Å²) in [7, 11) is 5.97. The molecule has 1 N–H and O–H groups in total. The van der Waals surface area contributed by atoms with Crippen LogP contribution in [0.2, 0.25) is 0 Å². The van der Waals surface area contributed by atoms with Crippen LogP contribution >= 0.6 is 12.4 Å². The van der Waals surface area contributed by atoms with Crippen molar-refractivity contribution in [3.05, 3.63) is 70.8 Å². The minimum atomic E-state index is -0.885. The molecule has 0 unspecified atom stereocenters. The van der Waals surface area contributed by atoms with Gasteiger partial charge in [-0.3, -0.25) is 0 Å². The predicted octanol–water partition coefficient (Wildman–Crippen LogP) is 5.34. The van der Waals surface area contributed by atoms with Crippen molar-refractivity contribution < 1.29 is 14.6 Å². The Morgan fingerprint density at radius 2 is 1.97 bits per heavy atom. The van der Waals surface area contributed by atoms with Gasteiger partial charge in [0.15, 0.2) is 0 Å². The van der Waals surface area contributed by atoms with Crippen LogP contribution in [0, 0.1) is 5.92 Å². The number of rotatable bonds is 6. The second kappa shape index (κ2) is 10.5. The summed E-state index contributed by atoms with van der Waals surface area (Å²) in [6.07, 6.45) is 5.34. The summed E-state index contributed by atoms with van der Waals surface area (Å²) >= 11 is 0. The van der Waals surface area contributed by atoms with Crippen LogP contribution in [0.1, 0.15) is 46.7 Å². The van der Waals surface area contributed by atoms with Gasteiger partial charge in [0.2, 0.25) is 0 Å². The van der Waals surface area contributed by atoms with E-state index >= 15 is 0 Å². The molecule has 3 rings (SSSR count). The van der Waals surface area contributed by atoms with Crippen LogP contribution in [-0.4, -0.2) is 43.7 Å². The van der Waals surface area contributed by atoms with Crippen molar-refractivity contribution in [1.82, 2.24) is 4.90 Å². The first kappa shape index (κ1) is 23.0. The number of hydrogen-bond acceptors (Lipinski definition) is 3. The lowest BCUT2D eigenvalue weighted by Gasteiger charge is -2.35. The summed E-state index contributed by atoms with van der Waals surface area (Å²) in [5.74, 6) is 1.03. The van der Waals surface area contributed by atoms with Crippen molar-refractivity contribution in [2.24, 2.45) is 5.92 Å². The van der Waals surface area contributed by atoms with Crippen molar-refractivity contribution in [3.63, 3.8) is 0 Å². The maximum absolute atomic E-state index is 11.3. The molecule has 156 valence electrons. The third-order valence-electron chi connectivity index (χ3n) is 5.51. The Labute approximate surface area is 179 Å². The molecule has 1 aliphatic rings. The van der Waals surface area contributed by atoms with Crippen LogP contribution < -0.4 is 4.74 Å². The molecule has 2 atom stereocenters. The van der Waals surface area contributed by atoms with Gasteiger partial charge in [-0.25, -0.2) is 4.79 Å². The Morgan fingerprint density at radius 1 is 1.21 bits per heavy atom. The van der Waals surface area contributed by atoms with Crippen LogP contribution in [0.15, 0.2) is 54.1 Å². The molecule has 1 fully saturated rings. The lowest BCUT2D eigenvalue weighted by molar-refractivity contribution is 0.0697. The zero-order chi connectivity index (χ0) is 20.1. The Kier molecular flexibility index (Phi) is 8.30. The molecular weight excluding hydrogens is 386 g/mol. The Hall–Kier alpha value is -2.30. The van der Waals surface area contributed by atoms with E-state index in [1.54, 1.807) is 19.2 Å². The molecule has 2 aromatic carbocycles. The first-order chi connectivity index (χ1) is 13.5. The van der Waals surface area contributed by atoms with Gasteiger partial charge in [-0.05, 0) is 80.6 Å². The second-order valence-electron chi connectivity index (χ2n) is 7.88. The van der Waals surface area contributed by atoms with E-state index in [9.17, 15) is 9.90 Å². The van der Waals surface area contributed by atoms with Gasteiger partial charge in [-0.2, -0.15) is 0 Å². The van der Waals surface area contributed by atoms with E-state index in [2.05, 4.69) is 43.3 Å². The van der Waals surface area contributed by atoms with Gasteiger partial charge in [0, 0.05) is 6.54 Å². The summed E-state index contributed by atoms with van der Waals surface area (Å²) in [5, 5.41) is 9.24. The summed E-state index contributed by atoms with van der Waals surface area (Å²) in [4.78, 5) is 13.5. The molecule has 29 heavy (non-hydrogen) atoms. The highest BCUT2D eigenvalue weighted by Crippen LogP contribution is 2.42. The van der Waals surface area contributed by atoms with Gasteiger partial charge in [0.1, 0.15) is 5.75 Å². The van der Waals surface area contributed by atoms with Gasteiger partial charge < -0.3 is 14.7 Å². The van der Waals surface area contributed by atoms with Crippen molar-refractivity contribution in [2.45, 2.75) is 25.2 Å². The fourth-order valence-electron chi connectivity index (χ4n) is 4.20. The van der Waals surface area contributed by atoms with Gasteiger partial charge in [-0.1, -0.05) is 35.9 Å². The number of carboxylic acids is 1. The Morgan fingerprint density at radius 3 is 2.66 bits per heavy atom. The van der Waals surface area contributed by atoms with Crippen molar-refractivity contribution in [3.8, 4) is 5.75 Å². The molecule has 2 aromatic rings. The van der Waals surface area contributed by atoms with Crippen LogP contribution in [0.4, 0.5) is 0 Å². The number of halogens is 1. The largest absolute Gasteiger partial charge is 0.497 e. The van der Waals surface area contributed by atoms with Gasteiger partial charge >= 0.3 is 5.97 Å². The molecule has 0 amide bonds. The minimum absolute atomic E-state index is 0. The molecule has 0 aliphatic heterocycles. The second-order valence-corrected chi connectivity index (χ2v) is 7.88. The molecule has 0 saturated heterocycles. The molecule has 0 radical (unpaired) electrons. The lowest BCUT2D eigenvalue weighted by atomic mass is 9.73. The normalized spacial score (nSPS) is 20.3. The highest BCUT2D eigenvalue weighted by Gasteiger charge is 2.29. The minimum Gasteiger partial charge on any atom is -0.497 e. The van der Waals surface area contributed by atoms with Crippen LogP contribution in [0.5, 0.6) is 5.75 Å². The Balaban J connectivity index is 0.00000300. The topological polar surface area (TPSA) is 49.8 Å². The number of methoxy groups -OCH3 is 1. The van der Waals surface area contributed by atoms with Crippen LogP contribution in [0.25, 0.3) is 6.08 Å². The van der Waals surface area contributed by atoms with Crippen molar-refractivity contribution in [2.75, 3.05) is 27.7 Å². The molecule has 1 saturated carbocycles. The monoisotopic (exact) mass is 415 g/mol. The quantitative estimate of drug-likeness (QED) is 0.691. The van der Waals surface area contributed by atoms with E-state index in [4.69, 9.17) is 4.74 Å². The fraction of sp³-hybridized carbons (Fsp3) is 0.375. The van der Waals surface area contributed by atoms with E-state index < -0.39 is 5.97 Å². The predicted molar refractivity (Wildman–Crippen MR) is 120 cm³/mol. The number of aromatic carboxylic acids is 1. The molecule has 0 aromatic heterocycles. The molecule has 4 nitrogen and oxygen atoms in total. The van der Waals surface area contributed by atoms with E-state index in [1.807, 2.05) is 18.2 Å². The third kappa shape index (κ3) is 6.09. The number of nitrogens with zero attached hydrogens (tertiary/aromatic N) is 1. The zero-order valence-corrected chi connectivity index (χ0v) is 18.1. The molecule has 0 bridgehead atoms. The summed E-state index contributed by atoms with van der Waals surface area (Å²) in [6.45, 7) is 1.06. The summed E-state index contributed by atoms with van der Waals surface area (Å²) in [5.41, 5.74) is 3.99. The maximum Gasteiger partial charge on any atom is 0.335 e. The molecule has 5 heteroatoms. The number of carboxylic acid groups (broad SMARTS) is 1. The molecule has 0 heterocycles. The smallest absolute Gasteiger partial charge is 0.335 e. The summed E-state index contributed by atoms with van der Waals surface area (Å²) < 4.78 is 5.44. The highest BCUT2D eigenvalue weighted by molar-refractivity contribution is 5.88. The average Bonchev–Trinajstić information content (AvgIpc) is 2.69. The average molecular weight is 416 g/mol. The van der Waals surface area contributed by atoms with Crippen LogP contribution in [-0.2, 0) is 0 Å². The molecule has 0 spiro atoms. The van der Waals surface area contributed by atoms with E-state index in [-0.39, 0.29) is 12.4 Å². The van der Waals surface area contributed by atoms with E-state index in [0.29, 0.717) is 17.4 Å². The maximum atomic E-state index is 11.3. The molecular formula is C24H30ClNO3. The third-order valence-corrected chi connectivity index (χ3v) is 5.51. The highest BCUT2D eigenvalue weighted by atomic mass is 35.5. The fourth-order valence-corrected chi connectivity index (χ4v) is 4.20. The van der Waals surface area contributed by atoms with Gasteiger partial charge in [-0.15, -0.1) is 12.4 Å². The lowest BCUT2D eigenvalue weighted by Crippen LogP contribution is -2.29. The van der Waals surface area contributed by atoms with Gasteiger partial charge in [0.05, 0.1) is 12.7 Å². The van der Waals surface area contributed by atoms with Crippen molar-refractivity contribution >= 4 is 24.5 Å². The number of ether oxygens (including phenoxy) is 1. The van der Waals surface area contributed by atoms with Crippen molar-refractivity contribution in [1.29, 1.82) is 0 Å². The SMILES string of the molecule is COc1cccc([C@@H]2C/C(=C/c3cccc(C(=O)O)c3)CC[C@H]2CN(C)C)c1.Cl. The Bertz CT molecular complexity index is 863.